The maximum absolute atomic E-state index is 10.9. The van der Waals surface area contributed by atoms with E-state index in [-0.39, 0.29) is 0 Å². The summed E-state index contributed by atoms with van der Waals surface area (Å²) in [6.07, 6.45) is 2.60. The van der Waals surface area contributed by atoms with E-state index in [0.29, 0.717) is 6.42 Å². The summed E-state index contributed by atoms with van der Waals surface area (Å²) in [5.41, 5.74) is 0.835. The number of carboxylic acid groups (broad SMARTS) is 1. The van der Waals surface area contributed by atoms with Gasteiger partial charge in [0.1, 0.15) is 0 Å². The number of thioether (sulfide) groups is 1. The molecule has 0 bridgehead atoms. The predicted molar refractivity (Wildman–Crippen MR) is 57.2 cm³/mol. The van der Waals surface area contributed by atoms with Crippen molar-refractivity contribution in [1.82, 2.24) is 0 Å². The molecular formula is C11H13O2S-. The molecule has 0 radical (unpaired) electrons. The lowest BCUT2D eigenvalue weighted by Gasteiger charge is -2.17. The summed E-state index contributed by atoms with van der Waals surface area (Å²) in [5.74, 6) is -0.609. The number of aliphatic carboxylic acids is 1. The molecule has 1 unspecified atom stereocenters. The maximum atomic E-state index is 10.9. The van der Waals surface area contributed by atoms with Crippen LogP contribution in [0.5, 0.6) is 0 Å². The number of rotatable bonds is 5. The van der Waals surface area contributed by atoms with Gasteiger partial charge in [0, 0.05) is 11.9 Å². The minimum absolute atomic E-state index is 0.469. The lowest BCUT2D eigenvalue weighted by molar-refractivity contribution is -0.308. The molecule has 3 heteroatoms. The van der Waals surface area contributed by atoms with E-state index in [1.807, 2.05) is 36.6 Å². The van der Waals surface area contributed by atoms with Crippen molar-refractivity contribution >= 4 is 17.7 Å². The van der Waals surface area contributed by atoms with Crippen LogP contribution in [0.2, 0.25) is 0 Å². The Bertz CT molecular complexity index is 285. The first-order valence-corrected chi connectivity index (χ1v) is 5.90. The van der Waals surface area contributed by atoms with Gasteiger partial charge in [-0.1, -0.05) is 30.3 Å². The zero-order valence-corrected chi connectivity index (χ0v) is 8.92. The van der Waals surface area contributed by atoms with E-state index >= 15 is 0 Å². The van der Waals surface area contributed by atoms with E-state index in [9.17, 15) is 9.90 Å². The van der Waals surface area contributed by atoms with E-state index in [4.69, 9.17) is 0 Å². The van der Waals surface area contributed by atoms with Gasteiger partial charge < -0.3 is 9.90 Å². The Morgan fingerprint density at radius 3 is 2.57 bits per heavy atom. The number of carboxylic acids is 1. The standard InChI is InChI=1S/C11H14O2S/c1-14-8-7-10(11(12)13)9-5-3-2-4-6-9/h2-6,10H,7-8H2,1H3,(H,12,13)/p-1. The van der Waals surface area contributed by atoms with E-state index in [1.54, 1.807) is 11.8 Å². The van der Waals surface area contributed by atoms with Crippen LogP contribution < -0.4 is 5.11 Å². The van der Waals surface area contributed by atoms with Crippen molar-refractivity contribution in [2.45, 2.75) is 12.3 Å². The highest BCUT2D eigenvalue weighted by molar-refractivity contribution is 7.98. The molecule has 1 aromatic carbocycles. The summed E-state index contributed by atoms with van der Waals surface area (Å²) in [5, 5.41) is 10.9. The number of hydrogen-bond donors (Lipinski definition) is 0. The molecule has 0 aromatic heterocycles. The van der Waals surface area contributed by atoms with Gasteiger partial charge in [-0.25, -0.2) is 0 Å². The van der Waals surface area contributed by atoms with Crippen LogP contribution in [0.3, 0.4) is 0 Å². The molecule has 0 amide bonds. The summed E-state index contributed by atoms with van der Waals surface area (Å²) in [4.78, 5) is 10.9. The number of benzene rings is 1. The van der Waals surface area contributed by atoms with E-state index in [0.717, 1.165) is 11.3 Å². The molecule has 0 saturated carbocycles. The Hall–Kier alpha value is -0.960. The fraction of sp³-hybridized carbons (Fsp3) is 0.364. The topological polar surface area (TPSA) is 40.1 Å². The van der Waals surface area contributed by atoms with E-state index < -0.39 is 11.9 Å². The quantitative estimate of drug-likeness (QED) is 0.733. The minimum atomic E-state index is -0.981. The Kier molecular flexibility index (Phi) is 4.53. The molecule has 0 aliphatic heterocycles. The molecular weight excluding hydrogens is 196 g/mol. The average molecular weight is 209 g/mol. The second kappa shape index (κ2) is 5.70. The number of carbonyl (C=O) groups is 1. The normalized spacial score (nSPS) is 12.4. The fourth-order valence-electron chi connectivity index (χ4n) is 1.34. The van der Waals surface area contributed by atoms with Crippen LogP contribution in [-0.2, 0) is 4.79 Å². The molecule has 0 spiro atoms. The third-order valence-corrected chi connectivity index (χ3v) is 2.74. The van der Waals surface area contributed by atoms with Gasteiger partial charge in [0.2, 0.25) is 0 Å². The van der Waals surface area contributed by atoms with Gasteiger partial charge in [-0.05, 0) is 24.0 Å². The first kappa shape index (κ1) is 11.1. The Morgan fingerprint density at radius 2 is 2.07 bits per heavy atom. The molecule has 1 rings (SSSR count). The summed E-state index contributed by atoms with van der Waals surface area (Å²) in [6, 6.07) is 9.25. The summed E-state index contributed by atoms with van der Waals surface area (Å²) >= 11 is 1.65. The lowest BCUT2D eigenvalue weighted by Crippen LogP contribution is -2.30. The Morgan fingerprint density at radius 1 is 1.43 bits per heavy atom. The van der Waals surface area contributed by atoms with E-state index in [2.05, 4.69) is 0 Å². The van der Waals surface area contributed by atoms with Crippen LogP contribution in [0, 0.1) is 0 Å². The predicted octanol–water partition coefficient (Wildman–Crippen LogP) is 1.27. The van der Waals surface area contributed by atoms with Crippen LogP contribution in [0.15, 0.2) is 30.3 Å². The molecule has 2 nitrogen and oxygen atoms in total. The molecule has 14 heavy (non-hydrogen) atoms. The summed E-state index contributed by atoms with van der Waals surface area (Å²) in [7, 11) is 0. The van der Waals surface area contributed by atoms with Crippen molar-refractivity contribution in [3.8, 4) is 0 Å². The van der Waals surface area contributed by atoms with Crippen molar-refractivity contribution in [1.29, 1.82) is 0 Å². The van der Waals surface area contributed by atoms with Gasteiger partial charge in [0.15, 0.2) is 0 Å². The third-order valence-electron chi connectivity index (χ3n) is 2.10. The van der Waals surface area contributed by atoms with Crippen LogP contribution >= 0.6 is 11.8 Å². The maximum Gasteiger partial charge on any atom is 0.0489 e. The SMILES string of the molecule is CSCCC(C(=O)[O-])c1ccccc1. The van der Waals surface area contributed by atoms with Crippen molar-refractivity contribution in [3.63, 3.8) is 0 Å². The molecule has 0 heterocycles. The van der Waals surface area contributed by atoms with Gasteiger partial charge in [0.25, 0.3) is 0 Å². The highest BCUT2D eigenvalue weighted by atomic mass is 32.2. The van der Waals surface area contributed by atoms with Gasteiger partial charge >= 0.3 is 0 Å². The van der Waals surface area contributed by atoms with Gasteiger partial charge in [-0.3, -0.25) is 0 Å². The first-order chi connectivity index (χ1) is 6.75. The second-order valence-corrected chi connectivity index (χ2v) is 4.05. The first-order valence-electron chi connectivity index (χ1n) is 4.50. The van der Waals surface area contributed by atoms with Gasteiger partial charge in [-0.2, -0.15) is 11.8 Å². The number of hydrogen-bond acceptors (Lipinski definition) is 3. The largest absolute Gasteiger partial charge is 0.549 e. The zero-order chi connectivity index (χ0) is 10.4. The molecule has 1 atom stereocenters. The molecule has 0 N–H and O–H groups in total. The van der Waals surface area contributed by atoms with Crippen molar-refractivity contribution in [3.05, 3.63) is 35.9 Å². The number of carbonyl (C=O) groups excluding carboxylic acids is 1. The second-order valence-electron chi connectivity index (χ2n) is 3.06. The molecule has 0 aliphatic rings. The van der Waals surface area contributed by atoms with Crippen molar-refractivity contribution in [2.24, 2.45) is 0 Å². The van der Waals surface area contributed by atoms with Crippen molar-refractivity contribution < 1.29 is 9.90 Å². The average Bonchev–Trinajstić information content (AvgIpc) is 2.19. The Labute approximate surface area is 88.3 Å². The fourth-order valence-corrected chi connectivity index (χ4v) is 1.81. The van der Waals surface area contributed by atoms with Crippen LogP contribution in [0.4, 0.5) is 0 Å². The minimum Gasteiger partial charge on any atom is -0.549 e. The highest BCUT2D eigenvalue weighted by Gasteiger charge is 2.11. The molecule has 1 aromatic rings. The van der Waals surface area contributed by atoms with Crippen LogP contribution in [0.25, 0.3) is 0 Å². The van der Waals surface area contributed by atoms with E-state index in [1.165, 1.54) is 0 Å². The van der Waals surface area contributed by atoms with Crippen LogP contribution in [-0.4, -0.2) is 18.0 Å². The van der Waals surface area contributed by atoms with Gasteiger partial charge in [-0.15, -0.1) is 0 Å². The van der Waals surface area contributed by atoms with Crippen LogP contribution in [0.1, 0.15) is 17.9 Å². The van der Waals surface area contributed by atoms with Gasteiger partial charge in [0.05, 0.1) is 0 Å². The smallest absolute Gasteiger partial charge is 0.0489 e. The summed E-state index contributed by atoms with van der Waals surface area (Å²) in [6.45, 7) is 0. The Balaban J connectivity index is 2.73. The lowest BCUT2D eigenvalue weighted by atomic mass is 9.97. The third kappa shape index (κ3) is 3.07. The molecule has 0 aliphatic carbocycles. The summed E-state index contributed by atoms with van der Waals surface area (Å²) < 4.78 is 0. The van der Waals surface area contributed by atoms with Crippen molar-refractivity contribution in [2.75, 3.05) is 12.0 Å². The molecule has 0 saturated heterocycles. The molecule has 0 fully saturated rings. The monoisotopic (exact) mass is 209 g/mol. The highest BCUT2D eigenvalue weighted by Crippen LogP contribution is 2.20. The molecule has 76 valence electrons. The zero-order valence-electron chi connectivity index (χ0n) is 8.10.